The molecule has 1 aliphatic rings. The molecule has 2 atom stereocenters. The van der Waals surface area contributed by atoms with E-state index in [-0.39, 0.29) is 11.5 Å². The molecule has 4 rings (SSSR count). The SMILES string of the molecule is Oc1cc2ccccc2c(C2=c3ccccc3=C[C@H](O)[C@@H]2O)c1O. The summed E-state index contributed by atoms with van der Waals surface area (Å²) in [4.78, 5) is 0. The summed E-state index contributed by atoms with van der Waals surface area (Å²) in [5, 5.41) is 44.4. The van der Waals surface area contributed by atoms with Crippen LogP contribution in [-0.4, -0.2) is 32.6 Å². The number of hydrogen-bond donors (Lipinski definition) is 4. The van der Waals surface area contributed by atoms with Crippen LogP contribution in [0.15, 0.2) is 54.6 Å². The largest absolute Gasteiger partial charge is 0.504 e. The van der Waals surface area contributed by atoms with Gasteiger partial charge in [0, 0.05) is 11.1 Å². The maximum Gasteiger partial charge on any atom is 0.165 e. The van der Waals surface area contributed by atoms with E-state index in [0.717, 1.165) is 15.8 Å². The first-order valence-corrected chi connectivity index (χ1v) is 7.69. The van der Waals surface area contributed by atoms with E-state index >= 15 is 0 Å². The number of phenolic OH excluding ortho intramolecular Hbond substituents is 2. The van der Waals surface area contributed by atoms with Gasteiger partial charge < -0.3 is 20.4 Å². The van der Waals surface area contributed by atoms with Crippen molar-refractivity contribution in [2.24, 2.45) is 0 Å². The topological polar surface area (TPSA) is 80.9 Å². The fraction of sp³-hybridized carbons (Fsp3) is 0.100. The second-order valence-corrected chi connectivity index (χ2v) is 5.94. The number of fused-ring (bicyclic) bond motifs is 2. The molecule has 0 unspecified atom stereocenters. The first-order chi connectivity index (χ1) is 11.6. The van der Waals surface area contributed by atoms with Crippen LogP contribution in [0.2, 0.25) is 0 Å². The first kappa shape index (κ1) is 14.8. The molecular weight excluding hydrogens is 304 g/mol. The summed E-state index contributed by atoms with van der Waals surface area (Å²) in [6.07, 6.45) is -0.697. The van der Waals surface area contributed by atoms with Crippen molar-refractivity contribution in [2.75, 3.05) is 0 Å². The zero-order chi connectivity index (χ0) is 16.8. The van der Waals surface area contributed by atoms with Gasteiger partial charge in [-0.2, -0.15) is 0 Å². The van der Waals surface area contributed by atoms with E-state index < -0.39 is 12.2 Å². The number of benzene rings is 3. The number of aliphatic hydroxyl groups is 2. The van der Waals surface area contributed by atoms with Gasteiger partial charge >= 0.3 is 0 Å². The van der Waals surface area contributed by atoms with Crippen LogP contribution in [-0.2, 0) is 0 Å². The summed E-state index contributed by atoms with van der Waals surface area (Å²) >= 11 is 0. The Balaban J connectivity index is 2.23. The first-order valence-electron chi connectivity index (χ1n) is 7.69. The monoisotopic (exact) mass is 320 g/mol. The Hall–Kier alpha value is -2.82. The van der Waals surface area contributed by atoms with E-state index in [1.54, 1.807) is 6.08 Å². The summed E-state index contributed by atoms with van der Waals surface area (Å²) in [5.41, 5.74) is 0.753. The van der Waals surface area contributed by atoms with Crippen LogP contribution in [0.3, 0.4) is 0 Å². The number of hydrogen-bond acceptors (Lipinski definition) is 4. The normalized spacial score (nSPS) is 19.8. The predicted octanol–water partition coefficient (Wildman–Crippen LogP) is 0.966. The Kier molecular flexibility index (Phi) is 3.30. The van der Waals surface area contributed by atoms with Crippen molar-refractivity contribution >= 4 is 22.4 Å². The van der Waals surface area contributed by atoms with Gasteiger partial charge in [0.05, 0.1) is 0 Å². The van der Waals surface area contributed by atoms with Gasteiger partial charge in [0.2, 0.25) is 0 Å². The number of phenols is 2. The van der Waals surface area contributed by atoms with Gasteiger partial charge in [0.25, 0.3) is 0 Å². The van der Waals surface area contributed by atoms with Gasteiger partial charge in [-0.3, -0.25) is 0 Å². The van der Waals surface area contributed by atoms with Gasteiger partial charge in [0.15, 0.2) is 11.5 Å². The Morgan fingerprint density at radius 3 is 2.38 bits per heavy atom. The van der Waals surface area contributed by atoms with E-state index in [1.165, 1.54) is 6.07 Å². The molecule has 3 aromatic rings. The van der Waals surface area contributed by atoms with Crippen LogP contribution in [0.4, 0.5) is 0 Å². The predicted molar refractivity (Wildman–Crippen MR) is 92.0 cm³/mol. The molecule has 0 bridgehead atoms. The average Bonchev–Trinajstić information content (AvgIpc) is 2.58. The smallest absolute Gasteiger partial charge is 0.165 e. The molecule has 0 aliphatic heterocycles. The van der Waals surface area contributed by atoms with Crippen molar-refractivity contribution in [1.29, 1.82) is 0 Å². The molecule has 0 saturated heterocycles. The van der Waals surface area contributed by atoms with Crippen molar-refractivity contribution in [3.63, 3.8) is 0 Å². The summed E-state index contributed by atoms with van der Waals surface area (Å²) in [6.45, 7) is 0. The Bertz CT molecular complexity index is 1070. The fourth-order valence-corrected chi connectivity index (χ4v) is 3.37. The summed E-state index contributed by atoms with van der Waals surface area (Å²) < 4.78 is 0. The van der Waals surface area contributed by atoms with Crippen molar-refractivity contribution in [3.05, 3.63) is 70.6 Å². The molecule has 0 fully saturated rings. The van der Waals surface area contributed by atoms with Crippen LogP contribution >= 0.6 is 0 Å². The maximum absolute atomic E-state index is 10.6. The maximum atomic E-state index is 10.6. The molecule has 0 amide bonds. The Labute approximate surface area is 137 Å². The minimum atomic E-state index is -1.20. The van der Waals surface area contributed by atoms with Gasteiger partial charge in [-0.05, 0) is 33.4 Å². The fourth-order valence-electron chi connectivity index (χ4n) is 3.37. The highest BCUT2D eigenvalue weighted by molar-refractivity contribution is 5.99. The molecule has 4 nitrogen and oxygen atoms in total. The van der Waals surface area contributed by atoms with Gasteiger partial charge in [-0.25, -0.2) is 0 Å². The molecular formula is C20H16O4. The minimum Gasteiger partial charge on any atom is -0.504 e. The van der Waals surface area contributed by atoms with Crippen LogP contribution in [0, 0.1) is 0 Å². The highest BCUT2D eigenvalue weighted by Gasteiger charge is 2.28. The van der Waals surface area contributed by atoms with Crippen molar-refractivity contribution < 1.29 is 20.4 Å². The van der Waals surface area contributed by atoms with Crippen molar-refractivity contribution in [3.8, 4) is 11.5 Å². The lowest BCUT2D eigenvalue weighted by atomic mass is 9.86. The third-order valence-electron chi connectivity index (χ3n) is 4.49. The Morgan fingerprint density at radius 2 is 1.54 bits per heavy atom. The van der Waals surface area contributed by atoms with E-state index in [1.807, 2.05) is 48.5 Å². The molecule has 24 heavy (non-hydrogen) atoms. The molecule has 1 aliphatic carbocycles. The van der Waals surface area contributed by atoms with Gasteiger partial charge in [-0.15, -0.1) is 0 Å². The summed E-state index contributed by atoms with van der Waals surface area (Å²) in [6, 6.07) is 16.1. The minimum absolute atomic E-state index is 0.259. The third kappa shape index (κ3) is 2.08. The molecule has 0 spiro atoms. The lowest BCUT2D eigenvalue weighted by Crippen LogP contribution is -2.42. The van der Waals surface area contributed by atoms with E-state index in [9.17, 15) is 20.4 Å². The molecule has 0 saturated carbocycles. The number of aliphatic hydroxyl groups excluding tert-OH is 2. The summed E-state index contributed by atoms with van der Waals surface area (Å²) in [7, 11) is 0. The van der Waals surface area contributed by atoms with Crippen molar-refractivity contribution in [2.45, 2.75) is 12.2 Å². The molecule has 4 N–H and O–H groups in total. The number of rotatable bonds is 1. The lowest BCUT2D eigenvalue weighted by molar-refractivity contribution is 0.0953. The molecule has 4 heteroatoms. The quantitative estimate of drug-likeness (QED) is 0.504. The molecule has 0 heterocycles. The van der Waals surface area contributed by atoms with Crippen LogP contribution in [0.5, 0.6) is 11.5 Å². The standard InChI is InChI=1S/C20H16O4/c21-15-9-11-5-1-3-7-13(11)17(19(15)23)18-14-8-4-2-6-12(14)10-16(22)20(18)24/h1-10,15,19,21-24H/t15-,19-/m0/s1. The van der Waals surface area contributed by atoms with Gasteiger partial charge in [-0.1, -0.05) is 48.5 Å². The lowest BCUT2D eigenvalue weighted by Gasteiger charge is -2.24. The molecule has 3 aromatic carbocycles. The molecule has 0 radical (unpaired) electrons. The van der Waals surface area contributed by atoms with E-state index in [4.69, 9.17) is 0 Å². The van der Waals surface area contributed by atoms with E-state index in [0.29, 0.717) is 16.5 Å². The highest BCUT2D eigenvalue weighted by atomic mass is 16.3. The summed E-state index contributed by atoms with van der Waals surface area (Å²) in [5.74, 6) is -0.559. The second-order valence-electron chi connectivity index (χ2n) is 5.94. The Morgan fingerprint density at radius 1 is 0.833 bits per heavy atom. The number of aromatic hydroxyl groups is 2. The van der Waals surface area contributed by atoms with E-state index in [2.05, 4.69) is 0 Å². The van der Waals surface area contributed by atoms with Crippen molar-refractivity contribution in [1.82, 2.24) is 0 Å². The van der Waals surface area contributed by atoms with Crippen LogP contribution in [0.1, 0.15) is 5.56 Å². The second kappa shape index (κ2) is 5.37. The third-order valence-corrected chi connectivity index (χ3v) is 4.49. The highest BCUT2D eigenvalue weighted by Crippen LogP contribution is 2.40. The molecule has 0 aromatic heterocycles. The zero-order valence-corrected chi connectivity index (χ0v) is 12.7. The molecule has 120 valence electrons. The average molecular weight is 320 g/mol. The van der Waals surface area contributed by atoms with Crippen LogP contribution in [0.25, 0.3) is 22.4 Å². The van der Waals surface area contributed by atoms with Crippen LogP contribution < -0.4 is 10.4 Å². The van der Waals surface area contributed by atoms with Gasteiger partial charge in [0.1, 0.15) is 12.2 Å². The zero-order valence-electron chi connectivity index (χ0n) is 12.7.